The monoisotopic (exact) mass is 244 g/mol. The summed E-state index contributed by atoms with van der Waals surface area (Å²) < 4.78 is 13.2. The van der Waals surface area contributed by atoms with Crippen molar-refractivity contribution in [2.24, 2.45) is 0 Å². The Morgan fingerprint density at radius 1 is 1.11 bits per heavy atom. The minimum Gasteiger partial charge on any atom is -0.423 e. The quantitative estimate of drug-likeness (QED) is 0.625. The van der Waals surface area contributed by atoms with E-state index in [1.807, 2.05) is 0 Å². The fourth-order valence-corrected chi connectivity index (χ4v) is 1.79. The van der Waals surface area contributed by atoms with Crippen LogP contribution in [-0.4, -0.2) is 23.5 Å². The molecule has 0 unspecified atom stereocenters. The lowest BCUT2D eigenvalue weighted by Crippen LogP contribution is -2.31. The van der Waals surface area contributed by atoms with Crippen molar-refractivity contribution in [3.8, 4) is 11.1 Å². The number of carbonyl (C=O) groups is 1. The van der Waals surface area contributed by atoms with Gasteiger partial charge in [-0.25, -0.2) is 4.39 Å². The summed E-state index contributed by atoms with van der Waals surface area (Å²) >= 11 is 0. The number of carbonyl (C=O) groups excluding carboxylic acids is 1. The van der Waals surface area contributed by atoms with Crippen LogP contribution in [0.3, 0.4) is 0 Å². The zero-order valence-corrected chi connectivity index (χ0v) is 9.38. The van der Waals surface area contributed by atoms with Crippen LogP contribution >= 0.6 is 0 Å². The Morgan fingerprint density at radius 3 is 2.50 bits per heavy atom. The van der Waals surface area contributed by atoms with Crippen molar-refractivity contribution in [1.29, 1.82) is 0 Å². The van der Waals surface area contributed by atoms with Crippen molar-refractivity contribution in [3.05, 3.63) is 53.8 Å². The third-order valence-corrected chi connectivity index (χ3v) is 2.67. The van der Waals surface area contributed by atoms with Gasteiger partial charge in [-0.2, -0.15) is 0 Å². The lowest BCUT2D eigenvalue weighted by atomic mass is 9.75. The first-order valence-corrected chi connectivity index (χ1v) is 5.33. The highest BCUT2D eigenvalue weighted by Crippen LogP contribution is 2.20. The highest BCUT2D eigenvalue weighted by atomic mass is 19.1. The molecule has 5 heteroatoms. The smallest absolute Gasteiger partial charge is 0.423 e. The Balaban J connectivity index is 2.58. The van der Waals surface area contributed by atoms with E-state index in [4.69, 9.17) is 0 Å². The standard InChI is InChI=1S/C13H10BFO3/c15-13-6-5-9(7-10(13)8-16)11-3-1-2-4-12(11)14(17)18/h1-8,17-18H. The van der Waals surface area contributed by atoms with Gasteiger partial charge in [0.15, 0.2) is 6.29 Å². The zero-order valence-electron chi connectivity index (χ0n) is 9.38. The maximum atomic E-state index is 13.2. The molecular weight excluding hydrogens is 234 g/mol. The summed E-state index contributed by atoms with van der Waals surface area (Å²) in [5.74, 6) is -0.601. The predicted molar refractivity (Wildman–Crippen MR) is 67.0 cm³/mol. The molecule has 0 aliphatic heterocycles. The van der Waals surface area contributed by atoms with Crippen molar-refractivity contribution in [1.82, 2.24) is 0 Å². The van der Waals surface area contributed by atoms with Crippen LogP contribution in [0.15, 0.2) is 42.5 Å². The van der Waals surface area contributed by atoms with Gasteiger partial charge in [-0.05, 0) is 28.7 Å². The van der Waals surface area contributed by atoms with Gasteiger partial charge in [0.25, 0.3) is 0 Å². The third kappa shape index (κ3) is 2.32. The van der Waals surface area contributed by atoms with Crippen LogP contribution < -0.4 is 5.46 Å². The SMILES string of the molecule is O=Cc1cc(-c2ccccc2B(O)O)ccc1F. The van der Waals surface area contributed by atoms with Crippen LogP contribution in [0.25, 0.3) is 11.1 Å². The number of halogens is 1. The Hall–Kier alpha value is -1.98. The van der Waals surface area contributed by atoms with Gasteiger partial charge in [0.05, 0.1) is 5.56 Å². The molecule has 0 radical (unpaired) electrons. The molecule has 0 aliphatic carbocycles. The van der Waals surface area contributed by atoms with Crippen molar-refractivity contribution in [3.63, 3.8) is 0 Å². The summed E-state index contributed by atoms with van der Waals surface area (Å²) in [5, 5.41) is 18.5. The first kappa shape index (κ1) is 12.5. The van der Waals surface area contributed by atoms with Crippen LogP contribution in [0.5, 0.6) is 0 Å². The molecule has 0 amide bonds. The highest BCUT2D eigenvalue weighted by molar-refractivity contribution is 6.60. The van der Waals surface area contributed by atoms with Crippen LogP contribution in [-0.2, 0) is 0 Å². The van der Waals surface area contributed by atoms with Gasteiger partial charge in [0.2, 0.25) is 0 Å². The minimum absolute atomic E-state index is 0.0604. The first-order chi connectivity index (χ1) is 8.63. The van der Waals surface area contributed by atoms with E-state index in [0.29, 0.717) is 22.9 Å². The lowest BCUT2D eigenvalue weighted by Gasteiger charge is -2.09. The summed E-state index contributed by atoms with van der Waals surface area (Å²) in [6.45, 7) is 0. The summed E-state index contributed by atoms with van der Waals surface area (Å²) in [4.78, 5) is 10.7. The Kier molecular flexibility index (Phi) is 3.55. The summed E-state index contributed by atoms with van der Waals surface area (Å²) in [6, 6.07) is 10.7. The predicted octanol–water partition coefficient (Wildman–Crippen LogP) is 0.985. The van der Waals surface area contributed by atoms with Gasteiger partial charge in [0.1, 0.15) is 5.82 Å². The number of aldehydes is 1. The van der Waals surface area contributed by atoms with Crippen molar-refractivity contribution >= 4 is 18.9 Å². The first-order valence-electron chi connectivity index (χ1n) is 5.33. The van der Waals surface area contributed by atoms with Crippen LogP contribution in [0.4, 0.5) is 4.39 Å². The second kappa shape index (κ2) is 5.12. The average Bonchev–Trinajstić information content (AvgIpc) is 2.39. The number of hydrogen-bond donors (Lipinski definition) is 2. The minimum atomic E-state index is -1.62. The van der Waals surface area contributed by atoms with Crippen LogP contribution in [0.1, 0.15) is 10.4 Å². The molecule has 2 rings (SSSR count). The molecule has 0 aromatic heterocycles. The number of rotatable bonds is 3. The molecule has 2 N–H and O–H groups in total. The van der Waals surface area contributed by atoms with Gasteiger partial charge < -0.3 is 10.0 Å². The number of hydrogen-bond acceptors (Lipinski definition) is 3. The molecule has 0 aliphatic rings. The molecule has 0 bridgehead atoms. The maximum absolute atomic E-state index is 13.2. The van der Waals surface area contributed by atoms with Crippen molar-refractivity contribution in [2.45, 2.75) is 0 Å². The zero-order chi connectivity index (χ0) is 13.1. The fourth-order valence-electron chi connectivity index (χ4n) is 1.79. The van der Waals surface area contributed by atoms with Gasteiger partial charge in [-0.3, -0.25) is 4.79 Å². The van der Waals surface area contributed by atoms with E-state index in [9.17, 15) is 19.2 Å². The van der Waals surface area contributed by atoms with Crippen molar-refractivity contribution in [2.75, 3.05) is 0 Å². The van der Waals surface area contributed by atoms with Gasteiger partial charge >= 0.3 is 7.12 Å². The molecule has 90 valence electrons. The maximum Gasteiger partial charge on any atom is 0.489 e. The van der Waals surface area contributed by atoms with Crippen LogP contribution in [0.2, 0.25) is 0 Å². The molecule has 3 nitrogen and oxygen atoms in total. The molecule has 0 spiro atoms. The molecular formula is C13H10BFO3. The molecule has 0 heterocycles. The molecule has 0 saturated heterocycles. The Bertz CT molecular complexity index is 584. The normalized spacial score (nSPS) is 10.2. The molecule has 0 atom stereocenters. The fraction of sp³-hybridized carbons (Fsp3) is 0. The third-order valence-electron chi connectivity index (χ3n) is 2.67. The van der Waals surface area contributed by atoms with E-state index in [1.165, 1.54) is 18.2 Å². The van der Waals surface area contributed by atoms with E-state index >= 15 is 0 Å². The van der Waals surface area contributed by atoms with E-state index in [0.717, 1.165) is 0 Å². The average molecular weight is 244 g/mol. The lowest BCUT2D eigenvalue weighted by molar-refractivity contribution is 0.112. The van der Waals surface area contributed by atoms with Gasteiger partial charge in [-0.15, -0.1) is 0 Å². The van der Waals surface area contributed by atoms with E-state index < -0.39 is 12.9 Å². The van der Waals surface area contributed by atoms with Crippen molar-refractivity contribution < 1.29 is 19.2 Å². The van der Waals surface area contributed by atoms with E-state index in [2.05, 4.69) is 0 Å². The molecule has 0 fully saturated rings. The summed E-state index contributed by atoms with van der Waals surface area (Å²) in [5.41, 5.74) is 1.36. The molecule has 2 aromatic rings. The van der Waals surface area contributed by atoms with E-state index in [-0.39, 0.29) is 5.56 Å². The Labute approximate surface area is 104 Å². The van der Waals surface area contributed by atoms with Crippen LogP contribution in [0, 0.1) is 5.82 Å². The topological polar surface area (TPSA) is 57.5 Å². The number of benzene rings is 2. The van der Waals surface area contributed by atoms with E-state index in [1.54, 1.807) is 24.3 Å². The summed E-state index contributed by atoms with van der Waals surface area (Å²) in [6.07, 6.45) is 0.427. The van der Waals surface area contributed by atoms with Gasteiger partial charge in [0, 0.05) is 0 Å². The molecule has 2 aromatic carbocycles. The largest absolute Gasteiger partial charge is 0.489 e. The highest BCUT2D eigenvalue weighted by Gasteiger charge is 2.16. The van der Waals surface area contributed by atoms with Gasteiger partial charge in [-0.1, -0.05) is 30.3 Å². The molecule has 18 heavy (non-hydrogen) atoms. The molecule has 0 saturated carbocycles. The second-order valence-corrected chi connectivity index (χ2v) is 3.82. The Morgan fingerprint density at radius 2 is 1.83 bits per heavy atom. The summed E-state index contributed by atoms with van der Waals surface area (Å²) in [7, 11) is -1.62. The second-order valence-electron chi connectivity index (χ2n) is 3.82.